The summed E-state index contributed by atoms with van der Waals surface area (Å²) in [6.45, 7) is 5.91. The molecule has 0 aliphatic rings. The molecule has 0 saturated carbocycles. The average Bonchev–Trinajstić information content (AvgIpc) is 2.96. The zero-order valence-corrected chi connectivity index (χ0v) is 13.5. The number of urea groups is 1. The summed E-state index contributed by atoms with van der Waals surface area (Å²) in [6, 6.07) is 4.90. The van der Waals surface area contributed by atoms with Gasteiger partial charge in [-0.1, -0.05) is 13.8 Å². The van der Waals surface area contributed by atoms with Crippen LogP contribution in [0.2, 0.25) is 0 Å². The van der Waals surface area contributed by atoms with E-state index in [1.54, 1.807) is 6.07 Å². The van der Waals surface area contributed by atoms with E-state index in [4.69, 9.17) is 0 Å². The summed E-state index contributed by atoms with van der Waals surface area (Å²) in [4.78, 5) is 25.2. The molecule has 7 heteroatoms. The number of carboxylic acids is 1. The van der Waals surface area contributed by atoms with Gasteiger partial charge in [0.05, 0.1) is 10.6 Å². The number of carbonyl (C=O) groups is 2. The number of anilines is 2. The van der Waals surface area contributed by atoms with Crippen molar-refractivity contribution in [1.29, 1.82) is 0 Å². The molecule has 0 atom stereocenters. The average molecular weight is 324 g/mol. The minimum atomic E-state index is -1.04. The van der Waals surface area contributed by atoms with Gasteiger partial charge >= 0.3 is 12.0 Å². The monoisotopic (exact) mass is 324 g/mol. The van der Waals surface area contributed by atoms with Crippen LogP contribution in [0.15, 0.2) is 18.2 Å². The molecule has 0 saturated heterocycles. The molecule has 0 bridgehead atoms. The number of hydrogen-bond donors (Lipinski definition) is 3. The Balaban J connectivity index is 2.14. The van der Waals surface area contributed by atoms with Crippen LogP contribution in [0.1, 0.15) is 39.9 Å². The topological polar surface area (TPSA) is 78.4 Å². The summed E-state index contributed by atoms with van der Waals surface area (Å²) in [5.74, 6) is -0.827. The lowest BCUT2D eigenvalue weighted by atomic mass is 10.1. The first-order chi connectivity index (χ1) is 9.86. The van der Waals surface area contributed by atoms with E-state index >= 15 is 0 Å². The molecule has 0 radical (unpaired) electrons. The molecule has 21 heavy (non-hydrogen) atoms. The van der Waals surface area contributed by atoms with Crippen molar-refractivity contribution in [3.05, 3.63) is 33.5 Å². The van der Waals surface area contributed by atoms with E-state index in [-0.39, 0.29) is 11.5 Å². The van der Waals surface area contributed by atoms with E-state index in [0.29, 0.717) is 5.00 Å². The van der Waals surface area contributed by atoms with Gasteiger partial charge in [-0.05, 0) is 31.0 Å². The number of hydrogen-bond acceptors (Lipinski definition) is 4. The Morgan fingerprint density at radius 2 is 1.90 bits per heavy atom. The molecule has 2 aromatic heterocycles. The van der Waals surface area contributed by atoms with Crippen molar-refractivity contribution < 1.29 is 14.7 Å². The molecule has 0 spiro atoms. The lowest BCUT2D eigenvalue weighted by molar-refractivity contribution is 0.0698. The van der Waals surface area contributed by atoms with Crippen molar-refractivity contribution in [1.82, 2.24) is 0 Å². The highest BCUT2D eigenvalue weighted by molar-refractivity contribution is 7.17. The quantitative estimate of drug-likeness (QED) is 0.770. The van der Waals surface area contributed by atoms with Gasteiger partial charge in [0.15, 0.2) is 0 Å². The molecule has 2 rings (SSSR count). The summed E-state index contributed by atoms with van der Waals surface area (Å²) in [7, 11) is 0. The second-order valence-electron chi connectivity index (χ2n) is 4.84. The van der Waals surface area contributed by atoms with Crippen molar-refractivity contribution in [2.45, 2.75) is 26.7 Å². The SMILES string of the molecule is Cc1ccc(NC(=O)Nc2sc(C(C)C)cc2C(=O)O)s1. The van der Waals surface area contributed by atoms with E-state index in [0.717, 1.165) is 14.8 Å². The normalized spacial score (nSPS) is 10.7. The van der Waals surface area contributed by atoms with E-state index in [9.17, 15) is 14.7 Å². The van der Waals surface area contributed by atoms with Gasteiger partial charge in [-0.3, -0.25) is 10.6 Å². The fraction of sp³-hybridized carbons (Fsp3) is 0.286. The van der Waals surface area contributed by atoms with Crippen LogP contribution in [-0.4, -0.2) is 17.1 Å². The number of aryl methyl sites for hydroxylation is 1. The van der Waals surface area contributed by atoms with Crippen LogP contribution in [0.5, 0.6) is 0 Å². The summed E-state index contributed by atoms with van der Waals surface area (Å²) < 4.78 is 0. The Bertz CT molecular complexity index is 674. The van der Waals surface area contributed by atoms with Crippen LogP contribution in [0, 0.1) is 6.92 Å². The van der Waals surface area contributed by atoms with Crippen molar-refractivity contribution in [3.8, 4) is 0 Å². The summed E-state index contributed by atoms with van der Waals surface area (Å²) in [5, 5.41) is 15.6. The van der Waals surface area contributed by atoms with Crippen molar-refractivity contribution in [3.63, 3.8) is 0 Å². The zero-order valence-electron chi connectivity index (χ0n) is 11.9. The third-order valence-corrected chi connectivity index (χ3v) is 5.02. The number of thiophene rings is 2. The molecule has 0 aliphatic carbocycles. The minimum Gasteiger partial charge on any atom is -0.478 e. The first-order valence-electron chi connectivity index (χ1n) is 6.38. The number of nitrogens with one attached hydrogen (secondary N) is 2. The predicted molar refractivity (Wildman–Crippen MR) is 87.1 cm³/mol. The molecular weight excluding hydrogens is 308 g/mol. The molecule has 3 N–H and O–H groups in total. The Labute approximate surface area is 130 Å². The van der Waals surface area contributed by atoms with Crippen molar-refractivity contribution >= 4 is 44.7 Å². The molecule has 5 nitrogen and oxygen atoms in total. The maximum absolute atomic E-state index is 11.9. The maximum Gasteiger partial charge on any atom is 0.338 e. The van der Waals surface area contributed by atoms with Gasteiger partial charge < -0.3 is 5.11 Å². The largest absolute Gasteiger partial charge is 0.478 e. The van der Waals surface area contributed by atoms with Crippen LogP contribution in [-0.2, 0) is 0 Å². The molecule has 0 unspecified atom stereocenters. The number of aromatic carboxylic acids is 1. The first-order valence-corrected chi connectivity index (χ1v) is 8.01. The molecule has 112 valence electrons. The van der Waals surface area contributed by atoms with E-state index in [1.807, 2.05) is 32.9 Å². The van der Waals surface area contributed by atoms with Crippen LogP contribution in [0.4, 0.5) is 14.8 Å². The number of carboxylic acid groups (broad SMARTS) is 1. The van der Waals surface area contributed by atoms with Crippen molar-refractivity contribution in [2.24, 2.45) is 0 Å². The Hall–Kier alpha value is -1.86. The Morgan fingerprint density at radius 1 is 1.19 bits per heavy atom. The molecule has 0 aliphatic heterocycles. The second kappa shape index (κ2) is 6.28. The highest BCUT2D eigenvalue weighted by atomic mass is 32.1. The summed E-state index contributed by atoms with van der Waals surface area (Å²) in [5.41, 5.74) is 0.126. The standard InChI is InChI=1S/C14H16N2O3S2/c1-7(2)10-6-9(13(17)18)12(21-10)16-14(19)15-11-5-4-8(3)20-11/h4-7H,1-3H3,(H,17,18)(H2,15,16,19). The molecule has 0 aromatic carbocycles. The summed E-state index contributed by atoms with van der Waals surface area (Å²) in [6.07, 6.45) is 0. The summed E-state index contributed by atoms with van der Waals surface area (Å²) >= 11 is 2.75. The fourth-order valence-corrected chi connectivity index (χ4v) is 3.51. The van der Waals surface area contributed by atoms with Gasteiger partial charge in [-0.2, -0.15) is 0 Å². The maximum atomic E-state index is 11.9. The third-order valence-electron chi connectivity index (χ3n) is 2.75. The first kappa shape index (κ1) is 15.5. The smallest absolute Gasteiger partial charge is 0.338 e. The second-order valence-corrected chi connectivity index (χ2v) is 7.21. The van der Waals surface area contributed by atoms with Gasteiger partial charge in [0.25, 0.3) is 0 Å². The molecule has 2 aromatic rings. The Morgan fingerprint density at radius 3 is 2.43 bits per heavy atom. The van der Waals surface area contributed by atoms with E-state index in [2.05, 4.69) is 10.6 Å². The Kier molecular flexibility index (Phi) is 4.64. The van der Waals surface area contributed by atoms with Crippen molar-refractivity contribution in [2.75, 3.05) is 10.6 Å². The van der Waals surface area contributed by atoms with Crippen LogP contribution >= 0.6 is 22.7 Å². The lowest BCUT2D eigenvalue weighted by Gasteiger charge is -2.05. The molecule has 2 heterocycles. The predicted octanol–water partition coefficient (Wildman–Crippen LogP) is 4.58. The highest BCUT2D eigenvalue weighted by Gasteiger charge is 2.18. The lowest BCUT2D eigenvalue weighted by Crippen LogP contribution is -2.19. The van der Waals surface area contributed by atoms with Gasteiger partial charge in [0.2, 0.25) is 0 Å². The zero-order chi connectivity index (χ0) is 15.6. The van der Waals surface area contributed by atoms with Gasteiger partial charge in [-0.15, -0.1) is 22.7 Å². The minimum absolute atomic E-state index is 0.126. The van der Waals surface area contributed by atoms with Gasteiger partial charge in [-0.25, -0.2) is 9.59 Å². The van der Waals surface area contributed by atoms with E-state index < -0.39 is 12.0 Å². The van der Waals surface area contributed by atoms with Crippen LogP contribution < -0.4 is 10.6 Å². The highest BCUT2D eigenvalue weighted by Crippen LogP contribution is 2.33. The number of rotatable bonds is 4. The number of carbonyl (C=O) groups excluding carboxylic acids is 1. The van der Waals surface area contributed by atoms with Crippen LogP contribution in [0.25, 0.3) is 0 Å². The van der Waals surface area contributed by atoms with Gasteiger partial charge in [0, 0.05) is 9.75 Å². The van der Waals surface area contributed by atoms with Gasteiger partial charge in [0.1, 0.15) is 5.00 Å². The molecule has 2 amide bonds. The fourth-order valence-electron chi connectivity index (χ4n) is 1.69. The molecular formula is C14H16N2O3S2. The van der Waals surface area contributed by atoms with Crippen LogP contribution in [0.3, 0.4) is 0 Å². The third kappa shape index (κ3) is 3.83. The molecule has 0 fully saturated rings. The van der Waals surface area contributed by atoms with E-state index in [1.165, 1.54) is 22.7 Å². The number of amides is 2.